The maximum Gasteiger partial charge on any atom is 0.165 e. The van der Waals surface area contributed by atoms with Gasteiger partial charge in [0.1, 0.15) is 5.52 Å². The number of morpholine rings is 1. The molecule has 1 aliphatic heterocycles. The summed E-state index contributed by atoms with van der Waals surface area (Å²) in [5, 5.41) is 6.60. The number of nitrogens with one attached hydrogen (secondary N) is 2. The van der Waals surface area contributed by atoms with Gasteiger partial charge in [0.2, 0.25) is 0 Å². The molecule has 0 aliphatic carbocycles. The largest absolute Gasteiger partial charge is 0.494 e. The number of hydrogen-bond donors (Lipinski definition) is 2. The number of fused-ring (bicyclic) bond motifs is 1. The lowest BCUT2D eigenvalue weighted by molar-refractivity contribution is 0.0372. The summed E-state index contributed by atoms with van der Waals surface area (Å²) >= 11 is 0. The Balaban J connectivity index is 1.68. The third-order valence-corrected chi connectivity index (χ3v) is 4.41. The number of nitrogens with zero attached hydrogens (tertiary/aromatic N) is 3. The van der Waals surface area contributed by atoms with Crippen molar-refractivity contribution in [3.63, 3.8) is 0 Å². The second-order valence-electron chi connectivity index (χ2n) is 6.21. The summed E-state index contributed by atoms with van der Waals surface area (Å²) in [7, 11) is 1.44. The number of rotatable bonds is 5. The van der Waals surface area contributed by atoms with E-state index >= 15 is 0 Å². The summed E-state index contributed by atoms with van der Waals surface area (Å²) in [6.45, 7) is 2.92. The highest BCUT2D eigenvalue weighted by Gasteiger charge is 2.16. The van der Waals surface area contributed by atoms with Crippen LogP contribution in [0, 0.1) is 5.82 Å². The normalized spacial score (nSPS) is 17.0. The van der Waals surface area contributed by atoms with Gasteiger partial charge in [-0.25, -0.2) is 14.4 Å². The first kappa shape index (κ1) is 17.6. The zero-order valence-corrected chi connectivity index (χ0v) is 14.9. The van der Waals surface area contributed by atoms with E-state index < -0.39 is 5.82 Å². The highest BCUT2D eigenvalue weighted by atomic mass is 19.1. The van der Waals surface area contributed by atoms with Crippen molar-refractivity contribution in [3.05, 3.63) is 42.5 Å². The molecule has 1 unspecified atom stereocenters. The van der Waals surface area contributed by atoms with E-state index in [2.05, 4.69) is 25.6 Å². The van der Waals surface area contributed by atoms with Gasteiger partial charge in [0.25, 0.3) is 0 Å². The number of methoxy groups -OCH3 is 1. The van der Waals surface area contributed by atoms with Crippen molar-refractivity contribution < 1.29 is 13.9 Å². The Morgan fingerprint density at radius 1 is 1.30 bits per heavy atom. The number of aromatic nitrogens is 3. The molecule has 8 heteroatoms. The van der Waals surface area contributed by atoms with E-state index in [4.69, 9.17) is 9.47 Å². The van der Waals surface area contributed by atoms with Crippen LogP contribution in [-0.4, -0.2) is 54.4 Å². The van der Waals surface area contributed by atoms with Crippen LogP contribution >= 0.6 is 0 Å². The average Bonchev–Trinajstić information content (AvgIpc) is 2.72. The minimum atomic E-state index is -0.438. The molecule has 4 rings (SSSR count). The highest BCUT2D eigenvalue weighted by molar-refractivity contribution is 5.88. The van der Waals surface area contributed by atoms with Crippen LogP contribution in [0.2, 0.25) is 0 Å². The van der Waals surface area contributed by atoms with Crippen LogP contribution in [0.4, 0.5) is 10.2 Å². The van der Waals surface area contributed by atoms with E-state index in [1.165, 1.54) is 13.2 Å². The average molecular weight is 369 g/mol. The molecule has 0 saturated carbocycles. The van der Waals surface area contributed by atoms with Gasteiger partial charge < -0.3 is 20.1 Å². The molecule has 1 fully saturated rings. The van der Waals surface area contributed by atoms with E-state index in [-0.39, 0.29) is 11.9 Å². The standard InChI is InChI=1S/C19H20FN5O2/c1-26-17-3-2-12(8-14(17)20)15-9-16-18(23-5-4-22-16)19(25-15)24-11-13-10-21-6-7-27-13/h2-5,8-9,13,21H,6-7,10-11H2,1H3,(H,24,25). The van der Waals surface area contributed by atoms with Crippen LogP contribution < -0.4 is 15.4 Å². The van der Waals surface area contributed by atoms with E-state index in [1.807, 2.05) is 0 Å². The minimum Gasteiger partial charge on any atom is -0.494 e. The van der Waals surface area contributed by atoms with Gasteiger partial charge in [-0.2, -0.15) is 0 Å². The van der Waals surface area contributed by atoms with E-state index in [9.17, 15) is 4.39 Å². The molecule has 7 nitrogen and oxygen atoms in total. The predicted octanol–water partition coefficient (Wildman–Crippen LogP) is 2.24. The zero-order valence-electron chi connectivity index (χ0n) is 14.9. The molecule has 0 radical (unpaired) electrons. The Morgan fingerprint density at radius 3 is 2.96 bits per heavy atom. The van der Waals surface area contributed by atoms with Crippen molar-refractivity contribution in [2.45, 2.75) is 6.10 Å². The predicted molar refractivity (Wildman–Crippen MR) is 100 cm³/mol. The van der Waals surface area contributed by atoms with E-state index in [1.54, 1.807) is 30.6 Å². The Bertz CT molecular complexity index is 947. The Morgan fingerprint density at radius 2 is 2.19 bits per heavy atom. The Hall–Kier alpha value is -2.84. The molecule has 140 valence electrons. The summed E-state index contributed by atoms with van der Waals surface area (Å²) in [6, 6.07) is 6.56. The van der Waals surface area contributed by atoms with E-state index in [0.717, 1.165) is 13.1 Å². The van der Waals surface area contributed by atoms with Crippen LogP contribution in [0.15, 0.2) is 36.7 Å². The van der Waals surface area contributed by atoms with Crippen molar-refractivity contribution in [1.82, 2.24) is 20.3 Å². The molecule has 1 aromatic carbocycles. The lowest BCUT2D eigenvalue weighted by atomic mass is 10.1. The molecular formula is C19H20FN5O2. The number of benzene rings is 1. The molecule has 0 spiro atoms. The fourth-order valence-electron chi connectivity index (χ4n) is 3.03. The molecular weight excluding hydrogens is 349 g/mol. The van der Waals surface area contributed by atoms with Crippen LogP contribution in [0.1, 0.15) is 0 Å². The van der Waals surface area contributed by atoms with Crippen molar-refractivity contribution in [1.29, 1.82) is 0 Å². The van der Waals surface area contributed by atoms with Gasteiger partial charge in [-0.3, -0.25) is 4.98 Å². The van der Waals surface area contributed by atoms with Crippen LogP contribution in [0.3, 0.4) is 0 Å². The molecule has 2 aromatic heterocycles. The maximum absolute atomic E-state index is 14.1. The molecule has 3 heterocycles. The highest BCUT2D eigenvalue weighted by Crippen LogP contribution is 2.28. The van der Waals surface area contributed by atoms with Crippen molar-refractivity contribution in [2.24, 2.45) is 0 Å². The first-order valence-corrected chi connectivity index (χ1v) is 8.76. The number of anilines is 1. The molecule has 0 bridgehead atoms. The fourth-order valence-corrected chi connectivity index (χ4v) is 3.03. The van der Waals surface area contributed by atoms with Crippen LogP contribution in [-0.2, 0) is 4.74 Å². The van der Waals surface area contributed by atoms with E-state index in [0.29, 0.717) is 41.3 Å². The number of hydrogen-bond acceptors (Lipinski definition) is 7. The fraction of sp³-hybridized carbons (Fsp3) is 0.316. The lowest BCUT2D eigenvalue weighted by Gasteiger charge is -2.24. The Kier molecular flexibility index (Phi) is 5.08. The summed E-state index contributed by atoms with van der Waals surface area (Å²) in [5.74, 6) is 0.354. The summed E-state index contributed by atoms with van der Waals surface area (Å²) < 4.78 is 24.8. The number of pyridine rings is 1. The van der Waals surface area contributed by atoms with Gasteiger partial charge in [-0.15, -0.1) is 0 Å². The summed E-state index contributed by atoms with van der Waals surface area (Å²) in [6.07, 6.45) is 3.30. The van der Waals surface area contributed by atoms with Crippen LogP contribution in [0.25, 0.3) is 22.3 Å². The molecule has 3 aromatic rings. The van der Waals surface area contributed by atoms with Crippen molar-refractivity contribution >= 4 is 16.9 Å². The molecule has 1 saturated heterocycles. The van der Waals surface area contributed by atoms with Gasteiger partial charge in [0.15, 0.2) is 17.4 Å². The van der Waals surface area contributed by atoms with Gasteiger partial charge in [0, 0.05) is 37.6 Å². The molecule has 0 amide bonds. The second kappa shape index (κ2) is 7.81. The van der Waals surface area contributed by atoms with Crippen LogP contribution in [0.5, 0.6) is 5.75 Å². The molecule has 2 N–H and O–H groups in total. The van der Waals surface area contributed by atoms with Crippen molar-refractivity contribution in [3.8, 4) is 17.0 Å². The smallest absolute Gasteiger partial charge is 0.165 e. The minimum absolute atomic E-state index is 0.0503. The third-order valence-electron chi connectivity index (χ3n) is 4.41. The molecule has 27 heavy (non-hydrogen) atoms. The quantitative estimate of drug-likeness (QED) is 0.714. The summed E-state index contributed by atoms with van der Waals surface area (Å²) in [4.78, 5) is 13.4. The second-order valence-corrected chi connectivity index (χ2v) is 6.21. The third kappa shape index (κ3) is 3.81. The Labute approximate surface area is 156 Å². The number of ether oxygens (including phenoxy) is 2. The lowest BCUT2D eigenvalue weighted by Crippen LogP contribution is -2.42. The van der Waals surface area contributed by atoms with Gasteiger partial charge in [-0.1, -0.05) is 0 Å². The molecule has 1 atom stereocenters. The SMILES string of the molecule is COc1ccc(-c2cc3nccnc3c(NCC3CNCCO3)n2)cc1F. The monoisotopic (exact) mass is 369 g/mol. The first-order chi connectivity index (χ1) is 13.2. The summed E-state index contributed by atoms with van der Waals surface area (Å²) in [5.41, 5.74) is 2.59. The topological polar surface area (TPSA) is 81.2 Å². The molecule has 1 aliphatic rings. The maximum atomic E-state index is 14.1. The van der Waals surface area contributed by atoms with Gasteiger partial charge >= 0.3 is 0 Å². The zero-order chi connectivity index (χ0) is 18.6. The first-order valence-electron chi connectivity index (χ1n) is 8.76. The van der Waals surface area contributed by atoms with Crippen molar-refractivity contribution in [2.75, 3.05) is 38.7 Å². The van der Waals surface area contributed by atoms with Gasteiger partial charge in [0.05, 0.1) is 31.0 Å². The van der Waals surface area contributed by atoms with Gasteiger partial charge in [-0.05, 0) is 24.3 Å². The number of halogens is 1.